The number of pyridine rings is 1. The lowest BCUT2D eigenvalue weighted by atomic mass is 10.2. The van der Waals surface area contributed by atoms with Gasteiger partial charge in [-0.1, -0.05) is 23.2 Å². The molecule has 2 N–H and O–H groups in total. The third-order valence-corrected chi connectivity index (χ3v) is 2.17. The van der Waals surface area contributed by atoms with E-state index >= 15 is 0 Å². The molecular formula is C7H5Cl2F3N2O. The first-order chi connectivity index (χ1) is 6.85. The molecule has 0 atom stereocenters. The van der Waals surface area contributed by atoms with E-state index in [4.69, 9.17) is 28.9 Å². The van der Waals surface area contributed by atoms with E-state index in [-0.39, 0.29) is 22.2 Å². The van der Waals surface area contributed by atoms with E-state index in [0.717, 1.165) is 6.20 Å². The first-order valence-electron chi connectivity index (χ1n) is 3.64. The van der Waals surface area contributed by atoms with Crippen molar-refractivity contribution >= 4 is 23.2 Å². The Morgan fingerprint density at radius 2 is 2.00 bits per heavy atom. The molecule has 0 radical (unpaired) electrons. The second-order valence-corrected chi connectivity index (χ2v) is 3.24. The summed E-state index contributed by atoms with van der Waals surface area (Å²) >= 11 is 11.2. The van der Waals surface area contributed by atoms with Crippen LogP contribution < -0.4 is 10.5 Å². The monoisotopic (exact) mass is 260 g/mol. The van der Waals surface area contributed by atoms with Gasteiger partial charge >= 0.3 is 6.36 Å². The largest absolute Gasteiger partial charge is 0.574 e. The van der Waals surface area contributed by atoms with Crippen LogP contribution in [0.25, 0.3) is 0 Å². The minimum Gasteiger partial charge on any atom is -0.386 e. The number of ether oxygens (including phenoxy) is 1. The summed E-state index contributed by atoms with van der Waals surface area (Å²) in [5.41, 5.74) is 5.41. The quantitative estimate of drug-likeness (QED) is 0.890. The molecule has 0 aromatic carbocycles. The van der Waals surface area contributed by atoms with Gasteiger partial charge in [0.1, 0.15) is 5.02 Å². The van der Waals surface area contributed by atoms with Crippen LogP contribution in [0, 0.1) is 0 Å². The van der Waals surface area contributed by atoms with Crippen LogP contribution in [0.15, 0.2) is 6.20 Å². The number of nitrogens with zero attached hydrogens (tertiary/aromatic N) is 1. The zero-order chi connectivity index (χ0) is 11.6. The molecule has 1 aromatic rings. The summed E-state index contributed by atoms with van der Waals surface area (Å²) < 4.78 is 39.2. The van der Waals surface area contributed by atoms with Crippen LogP contribution in [0.5, 0.6) is 5.88 Å². The van der Waals surface area contributed by atoms with Crippen molar-refractivity contribution in [3.8, 4) is 5.88 Å². The molecule has 0 saturated heterocycles. The van der Waals surface area contributed by atoms with Crippen LogP contribution in [0.4, 0.5) is 13.2 Å². The van der Waals surface area contributed by atoms with Crippen molar-refractivity contribution in [1.29, 1.82) is 0 Å². The molecule has 0 fully saturated rings. The summed E-state index contributed by atoms with van der Waals surface area (Å²) in [6.45, 7) is -0.103. The second kappa shape index (κ2) is 4.42. The number of halogens is 5. The molecular weight excluding hydrogens is 256 g/mol. The van der Waals surface area contributed by atoms with Gasteiger partial charge in [0.05, 0.1) is 5.02 Å². The zero-order valence-corrected chi connectivity index (χ0v) is 8.62. The highest BCUT2D eigenvalue weighted by Crippen LogP contribution is 2.33. The standard InChI is InChI=1S/C7H5Cl2F3N2O/c8-4-2-14-6(15-7(10,11)12)5(9)3(4)1-13/h2H,1,13H2. The van der Waals surface area contributed by atoms with Crippen LogP contribution in [0.3, 0.4) is 0 Å². The second-order valence-electron chi connectivity index (χ2n) is 2.46. The molecule has 0 aliphatic heterocycles. The van der Waals surface area contributed by atoms with Crippen LogP contribution in [0.2, 0.25) is 10.0 Å². The molecule has 1 heterocycles. The lowest BCUT2D eigenvalue weighted by molar-refractivity contribution is -0.276. The van der Waals surface area contributed by atoms with Crippen LogP contribution >= 0.6 is 23.2 Å². The summed E-state index contributed by atoms with van der Waals surface area (Å²) in [6.07, 6.45) is -3.85. The summed E-state index contributed by atoms with van der Waals surface area (Å²) in [6, 6.07) is 0. The van der Waals surface area contributed by atoms with Gasteiger partial charge in [-0.15, -0.1) is 13.2 Å². The predicted octanol–water partition coefficient (Wildman–Crippen LogP) is 2.75. The fourth-order valence-electron chi connectivity index (χ4n) is 0.852. The number of rotatable bonds is 2. The molecule has 0 amide bonds. The Kier molecular flexibility index (Phi) is 3.64. The van der Waals surface area contributed by atoms with Crippen molar-refractivity contribution in [2.75, 3.05) is 0 Å². The number of hydrogen-bond acceptors (Lipinski definition) is 3. The summed E-state index contributed by atoms with van der Waals surface area (Å²) in [5, 5.41) is -0.237. The summed E-state index contributed by atoms with van der Waals surface area (Å²) in [7, 11) is 0. The van der Waals surface area contributed by atoms with Crippen molar-refractivity contribution in [3.63, 3.8) is 0 Å². The highest BCUT2D eigenvalue weighted by atomic mass is 35.5. The van der Waals surface area contributed by atoms with Crippen molar-refractivity contribution in [1.82, 2.24) is 4.98 Å². The molecule has 0 bridgehead atoms. The molecule has 3 nitrogen and oxygen atoms in total. The lowest BCUT2D eigenvalue weighted by Crippen LogP contribution is -2.18. The minimum atomic E-state index is -4.85. The zero-order valence-electron chi connectivity index (χ0n) is 7.11. The smallest absolute Gasteiger partial charge is 0.386 e. The normalized spacial score (nSPS) is 11.6. The third-order valence-electron chi connectivity index (χ3n) is 1.45. The Morgan fingerprint density at radius 1 is 1.40 bits per heavy atom. The Morgan fingerprint density at radius 3 is 2.47 bits per heavy atom. The van der Waals surface area contributed by atoms with E-state index in [1.807, 2.05) is 0 Å². The maximum absolute atomic E-state index is 11.9. The average Bonchev–Trinajstić information content (AvgIpc) is 2.09. The first-order valence-corrected chi connectivity index (χ1v) is 4.39. The van der Waals surface area contributed by atoms with Crippen LogP contribution in [0.1, 0.15) is 5.56 Å². The van der Waals surface area contributed by atoms with Gasteiger partial charge in [0.15, 0.2) is 0 Å². The fraction of sp³-hybridized carbons (Fsp3) is 0.286. The van der Waals surface area contributed by atoms with Crippen LogP contribution in [-0.4, -0.2) is 11.3 Å². The molecule has 15 heavy (non-hydrogen) atoms. The average molecular weight is 261 g/mol. The van der Waals surface area contributed by atoms with Gasteiger partial charge in [0.2, 0.25) is 5.88 Å². The molecule has 0 spiro atoms. The van der Waals surface area contributed by atoms with Gasteiger partial charge in [0, 0.05) is 18.3 Å². The van der Waals surface area contributed by atoms with Gasteiger partial charge in [0.25, 0.3) is 0 Å². The number of alkyl halides is 3. The van der Waals surface area contributed by atoms with Crippen LogP contribution in [-0.2, 0) is 6.54 Å². The molecule has 0 aliphatic carbocycles. The number of aromatic nitrogens is 1. The van der Waals surface area contributed by atoms with Gasteiger partial charge < -0.3 is 10.5 Å². The number of hydrogen-bond donors (Lipinski definition) is 1. The Hall–Kier alpha value is -0.720. The Bertz CT molecular complexity index is 370. The van der Waals surface area contributed by atoms with Gasteiger partial charge in [-0.25, -0.2) is 4.98 Å². The molecule has 0 unspecified atom stereocenters. The van der Waals surface area contributed by atoms with Gasteiger partial charge in [-0.05, 0) is 0 Å². The van der Waals surface area contributed by atoms with E-state index in [9.17, 15) is 13.2 Å². The lowest BCUT2D eigenvalue weighted by Gasteiger charge is -2.11. The molecule has 1 aromatic heterocycles. The van der Waals surface area contributed by atoms with Crippen molar-refractivity contribution < 1.29 is 17.9 Å². The van der Waals surface area contributed by atoms with E-state index in [1.165, 1.54) is 0 Å². The highest BCUT2D eigenvalue weighted by Gasteiger charge is 2.33. The maximum atomic E-state index is 11.9. The number of nitrogens with two attached hydrogens (primary N) is 1. The van der Waals surface area contributed by atoms with Crippen molar-refractivity contribution in [2.45, 2.75) is 12.9 Å². The minimum absolute atomic E-state index is 0.0945. The Labute approximate surface area is 92.9 Å². The SMILES string of the molecule is NCc1c(Cl)cnc(OC(F)(F)F)c1Cl. The van der Waals surface area contributed by atoms with E-state index in [0.29, 0.717) is 0 Å². The highest BCUT2D eigenvalue weighted by molar-refractivity contribution is 6.36. The molecule has 1 rings (SSSR count). The topological polar surface area (TPSA) is 48.1 Å². The third kappa shape index (κ3) is 3.12. The van der Waals surface area contributed by atoms with E-state index in [1.54, 1.807) is 0 Å². The molecule has 0 aliphatic rings. The fourth-order valence-corrected chi connectivity index (χ4v) is 1.39. The molecule has 84 valence electrons. The van der Waals surface area contributed by atoms with Gasteiger partial charge in [-0.2, -0.15) is 0 Å². The van der Waals surface area contributed by atoms with Crippen molar-refractivity contribution in [3.05, 3.63) is 21.8 Å². The van der Waals surface area contributed by atoms with E-state index < -0.39 is 12.2 Å². The van der Waals surface area contributed by atoms with E-state index in [2.05, 4.69) is 9.72 Å². The Balaban J connectivity index is 3.11. The molecule has 8 heteroatoms. The summed E-state index contributed by atoms with van der Waals surface area (Å²) in [5.74, 6) is -0.756. The maximum Gasteiger partial charge on any atom is 0.574 e. The van der Waals surface area contributed by atoms with Crippen molar-refractivity contribution in [2.24, 2.45) is 5.73 Å². The van der Waals surface area contributed by atoms with Gasteiger partial charge in [-0.3, -0.25) is 0 Å². The summed E-state index contributed by atoms with van der Waals surface area (Å²) in [4.78, 5) is 3.31. The first kappa shape index (κ1) is 12.4. The predicted molar refractivity (Wildman–Crippen MR) is 48.8 cm³/mol. The molecule has 0 saturated carbocycles.